The molecule has 0 spiro atoms. The molecule has 1 fully saturated rings. The third-order valence-electron chi connectivity index (χ3n) is 6.21. The molecule has 1 N–H and O–H groups in total. The molecule has 10 heteroatoms. The quantitative estimate of drug-likeness (QED) is 0.459. The Morgan fingerprint density at radius 2 is 1.80 bits per heavy atom. The number of hydrogen-bond donors (Lipinski definition) is 1. The lowest BCUT2D eigenvalue weighted by atomic mass is 9.94. The second-order valence-corrected chi connectivity index (χ2v) is 9.09. The van der Waals surface area contributed by atoms with Gasteiger partial charge in [0.1, 0.15) is 5.75 Å². The number of hydrogen-bond acceptors (Lipinski definition) is 7. The van der Waals surface area contributed by atoms with Crippen molar-refractivity contribution < 1.29 is 23.7 Å². The third kappa shape index (κ3) is 5.96. The van der Waals surface area contributed by atoms with Crippen LogP contribution in [0.4, 0.5) is 0 Å². The standard InChI is InChI=1S/C25H33N4O5P/c1-4-33-23-15-29(35)28-24(23)25(30)27-16-7-5-9-17(10-6-8-16)34-20-11-12-26-19-14-22(32-3)21(31-2)13-18(19)20/h11-17H,4-10,35H2,1-3H3,(H,27,30). The van der Waals surface area contributed by atoms with Gasteiger partial charge in [-0.1, -0.05) is 0 Å². The van der Waals surface area contributed by atoms with Crippen molar-refractivity contribution in [1.82, 2.24) is 19.9 Å². The Morgan fingerprint density at radius 1 is 1.09 bits per heavy atom. The topological polar surface area (TPSA) is 96.7 Å². The zero-order valence-electron chi connectivity index (χ0n) is 20.5. The highest BCUT2D eigenvalue weighted by Crippen LogP contribution is 2.36. The summed E-state index contributed by atoms with van der Waals surface area (Å²) in [6.07, 6.45) is 9.05. The molecule has 2 heterocycles. The van der Waals surface area contributed by atoms with Crippen molar-refractivity contribution in [3.05, 3.63) is 36.3 Å². The number of benzene rings is 1. The number of nitrogens with zero attached hydrogens (tertiary/aromatic N) is 3. The van der Waals surface area contributed by atoms with Crippen LogP contribution in [0.2, 0.25) is 0 Å². The maximum Gasteiger partial charge on any atom is 0.275 e. The number of rotatable bonds is 8. The molecule has 35 heavy (non-hydrogen) atoms. The van der Waals surface area contributed by atoms with Crippen LogP contribution >= 0.6 is 9.39 Å². The first-order valence-corrected chi connectivity index (χ1v) is 12.5. The molecule has 1 aliphatic carbocycles. The summed E-state index contributed by atoms with van der Waals surface area (Å²) in [5.41, 5.74) is 1.12. The lowest BCUT2D eigenvalue weighted by Crippen LogP contribution is -2.36. The molecule has 0 saturated heterocycles. The number of pyridine rings is 1. The molecule has 0 aliphatic heterocycles. The Balaban J connectivity index is 1.37. The van der Waals surface area contributed by atoms with E-state index in [0.29, 0.717) is 29.5 Å². The van der Waals surface area contributed by atoms with E-state index in [1.54, 1.807) is 26.6 Å². The van der Waals surface area contributed by atoms with Gasteiger partial charge in [-0.3, -0.25) is 14.2 Å². The Kier molecular flexibility index (Phi) is 8.29. The summed E-state index contributed by atoms with van der Waals surface area (Å²) < 4.78 is 24.4. The van der Waals surface area contributed by atoms with Crippen LogP contribution in [0.15, 0.2) is 30.6 Å². The molecular weight excluding hydrogens is 467 g/mol. The van der Waals surface area contributed by atoms with Crippen molar-refractivity contribution in [2.75, 3.05) is 20.8 Å². The molecule has 1 atom stereocenters. The highest BCUT2D eigenvalue weighted by atomic mass is 31.0. The van der Waals surface area contributed by atoms with Gasteiger partial charge in [0.2, 0.25) is 0 Å². The molecule has 0 bridgehead atoms. The predicted octanol–water partition coefficient (Wildman–Crippen LogP) is 4.39. The monoisotopic (exact) mass is 500 g/mol. The number of ether oxygens (including phenoxy) is 4. The molecule has 2 aromatic heterocycles. The van der Waals surface area contributed by atoms with Crippen molar-refractivity contribution in [3.63, 3.8) is 0 Å². The van der Waals surface area contributed by atoms with Crippen LogP contribution in [0.3, 0.4) is 0 Å². The van der Waals surface area contributed by atoms with Crippen molar-refractivity contribution in [1.29, 1.82) is 0 Å². The molecule has 4 rings (SSSR count). The lowest BCUT2D eigenvalue weighted by Gasteiger charge is -2.26. The minimum absolute atomic E-state index is 0.0997. The van der Waals surface area contributed by atoms with E-state index in [1.807, 2.05) is 25.1 Å². The molecule has 1 unspecified atom stereocenters. The van der Waals surface area contributed by atoms with Gasteiger partial charge < -0.3 is 24.3 Å². The molecule has 0 radical (unpaired) electrons. The molecule has 9 nitrogen and oxygen atoms in total. The van der Waals surface area contributed by atoms with E-state index in [2.05, 4.69) is 24.8 Å². The molecule has 1 amide bonds. The fraction of sp³-hybridized carbons (Fsp3) is 0.480. The highest BCUT2D eigenvalue weighted by molar-refractivity contribution is 7.14. The zero-order valence-corrected chi connectivity index (χ0v) is 21.6. The van der Waals surface area contributed by atoms with Gasteiger partial charge in [-0.05, 0) is 67.0 Å². The van der Waals surface area contributed by atoms with Gasteiger partial charge in [0.05, 0.1) is 38.6 Å². The van der Waals surface area contributed by atoms with Gasteiger partial charge in [0, 0.05) is 23.7 Å². The van der Waals surface area contributed by atoms with Gasteiger partial charge in [0.15, 0.2) is 22.9 Å². The molecular formula is C25H33N4O5P. The minimum Gasteiger partial charge on any atom is -0.493 e. The number of nitrogens with one attached hydrogen (secondary N) is 1. The summed E-state index contributed by atoms with van der Waals surface area (Å²) in [5, 5.41) is 8.29. The average Bonchev–Trinajstić information content (AvgIpc) is 3.21. The van der Waals surface area contributed by atoms with Crippen molar-refractivity contribution in [2.45, 2.75) is 57.6 Å². The summed E-state index contributed by atoms with van der Waals surface area (Å²) in [6.45, 7) is 2.37. The van der Waals surface area contributed by atoms with E-state index in [9.17, 15) is 4.79 Å². The summed E-state index contributed by atoms with van der Waals surface area (Å²) in [5.74, 6) is 2.39. The van der Waals surface area contributed by atoms with E-state index in [4.69, 9.17) is 18.9 Å². The molecule has 188 valence electrons. The molecule has 1 aliphatic rings. The van der Waals surface area contributed by atoms with E-state index < -0.39 is 0 Å². The van der Waals surface area contributed by atoms with Crippen molar-refractivity contribution in [2.24, 2.45) is 0 Å². The Morgan fingerprint density at radius 3 is 2.49 bits per heavy atom. The number of aromatic nitrogens is 3. The van der Waals surface area contributed by atoms with Crippen LogP contribution in [-0.2, 0) is 0 Å². The fourth-order valence-corrected chi connectivity index (χ4v) is 4.76. The predicted molar refractivity (Wildman–Crippen MR) is 137 cm³/mol. The van der Waals surface area contributed by atoms with E-state index in [-0.39, 0.29) is 18.1 Å². The van der Waals surface area contributed by atoms with Crippen LogP contribution in [0.5, 0.6) is 23.0 Å². The van der Waals surface area contributed by atoms with Crippen LogP contribution in [-0.4, -0.2) is 53.4 Å². The van der Waals surface area contributed by atoms with Gasteiger partial charge in [0.25, 0.3) is 5.91 Å². The largest absolute Gasteiger partial charge is 0.493 e. The number of methoxy groups -OCH3 is 2. The zero-order chi connectivity index (χ0) is 24.8. The summed E-state index contributed by atoms with van der Waals surface area (Å²) in [7, 11) is 5.67. The van der Waals surface area contributed by atoms with E-state index >= 15 is 0 Å². The fourth-order valence-electron chi connectivity index (χ4n) is 4.51. The first-order chi connectivity index (χ1) is 17.0. The highest BCUT2D eigenvalue weighted by Gasteiger charge is 2.24. The Labute approximate surface area is 207 Å². The van der Waals surface area contributed by atoms with Crippen LogP contribution in [0.1, 0.15) is 55.9 Å². The number of fused-ring (bicyclic) bond motifs is 1. The van der Waals surface area contributed by atoms with Gasteiger partial charge >= 0.3 is 0 Å². The van der Waals surface area contributed by atoms with E-state index in [1.165, 1.54) is 4.45 Å². The van der Waals surface area contributed by atoms with Crippen LogP contribution in [0, 0.1) is 0 Å². The first kappa shape index (κ1) is 25.0. The van der Waals surface area contributed by atoms with E-state index in [0.717, 1.165) is 55.2 Å². The maximum absolute atomic E-state index is 12.8. The maximum atomic E-state index is 12.8. The first-order valence-electron chi connectivity index (χ1n) is 12.0. The average molecular weight is 501 g/mol. The molecule has 1 aromatic carbocycles. The lowest BCUT2D eigenvalue weighted by molar-refractivity contribution is 0.0915. The van der Waals surface area contributed by atoms with Crippen LogP contribution < -0.4 is 24.3 Å². The number of amides is 1. The minimum atomic E-state index is -0.194. The SMILES string of the molecule is CCOc1cn(P)nc1C(=O)NC1CCCC(Oc2ccnc3cc(OC)c(OC)cc23)CCC1. The summed E-state index contributed by atoms with van der Waals surface area (Å²) in [4.78, 5) is 17.3. The third-order valence-corrected chi connectivity index (χ3v) is 6.47. The number of carbonyl (C=O) groups is 1. The second kappa shape index (κ2) is 11.6. The summed E-state index contributed by atoms with van der Waals surface area (Å²) in [6, 6.07) is 5.78. The van der Waals surface area contributed by atoms with Crippen LogP contribution in [0.25, 0.3) is 10.9 Å². The molecule has 3 aromatic rings. The van der Waals surface area contributed by atoms with Gasteiger partial charge in [-0.2, -0.15) is 5.10 Å². The summed E-state index contributed by atoms with van der Waals surface area (Å²) >= 11 is 0. The molecule has 1 saturated carbocycles. The van der Waals surface area contributed by atoms with Crippen molar-refractivity contribution in [3.8, 4) is 23.0 Å². The Bertz CT molecular complexity index is 1160. The number of carbonyl (C=O) groups excluding carboxylic acids is 1. The normalized spacial score (nSPS) is 18.4. The second-order valence-electron chi connectivity index (χ2n) is 8.56. The van der Waals surface area contributed by atoms with Gasteiger partial charge in [-0.15, -0.1) is 0 Å². The Hall–Kier alpha value is -3.06. The van der Waals surface area contributed by atoms with Crippen molar-refractivity contribution >= 4 is 26.2 Å². The van der Waals surface area contributed by atoms with Gasteiger partial charge in [-0.25, -0.2) is 0 Å². The smallest absolute Gasteiger partial charge is 0.275 e.